The minimum atomic E-state index is -0.758. The van der Waals surface area contributed by atoms with Gasteiger partial charge in [-0.05, 0) is 49.7 Å². The van der Waals surface area contributed by atoms with E-state index in [1.165, 1.54) is 30.3 Å². The lowest BCUT2D eigenvalue weighted by atomic mass is 9.93. The van der Waals surface area contributed by atoms with Gasteiger partial charge in [-0.15, -0.1) is 0 Å². The lowest BCUT2D eigenvalue weighted by Crippen LogP contribution is -2.41. The quantitative estimate of drug-likeness (QED) is 0.910. The van der Waals surface area contributed by atoms with E-state index >= 15 is 0 Å². The Labute approximate surface area is 116 Å². The fourth-order valence-electron chi connectivity index (χ4n) is 1.94. The van der Waals surface area contributed by atoms with Crippen LogP contribution in [0.15, 0.2) is 48.5 Å². The van der Waals surface area contributed by atoms with Crippen LogP contribution in [0.4, 0.5) is 8.78 Å². The Kier molecular flexibility index (Phi) is 3.84. The molecular weight excluding hydrogens is 260 g/mol. The van der Waals surface area contributed by atoms with Crippen molar-refractivity contribution in [2.75, 3.05) is 0 Å². The maximum Gasteiger partial charge on any atom is 0.252 e. The van der Waals surface area contributed by atoms with Gasteiger partial charge in [0, 0.05) is 5.56 Å². The first-order chi connectivity index (χ1) is 9.38. The molecule has 20 heavy (non-hydrogen) atoms. The molecule has 1 amide bonds. The molecule has 2 rings (SSSR count). The van der Waals surface area contributed by atoms with Gasteiger partial charge in [-0.25, -0.2) is 8.78 Å². The predicted octanol–water partition coefficient (Wildman–Crippen LogP) is 3.63. The predicted molar refractivity (Wildman–Crippen MR) is 73.3 cm³/mol. The van der Waals surface area contributed by atoms with Crippen molar-refractivity contribution in [1.29, 1.82) is 0 Å². The SMILES string of the molecule is CC(C)(NC(=O)c1cccc(F)c1)c1cccc(F)c1. The third kappa shape index (κ3) is 3.20. The number of nitrogens with one attached hydrogen (secondary N) is 1. The molecule has 0 fully saturated rings. The van der Waals surface area contributed by atoms with Crippen LogP contribution in [0.25, 0.3) is 0 Å². The zero-order chi connectivity index (χ0) is 14.8. The number of halogens is 2. The highest BCUT2D eigenvalue weighted by Gasteiger charge is 2.23. The van der Waals surface area contributed by atoms with Gasteiger partial charge in [-0.1, -0.05) is 18.2 Å². The molecule has 0 aliphatic rings. The largest absolute Gasteiger partial charge is 0.343 e. The summed E-state index contributed by atoms with van der Waals surface area (Å²) in [4.78, 5) is 12.1. The molecule has 4 heteroatoms. The van der Waals surface area contributed by atoms with Crippen LogP contribution in [0.5, 0.6) is 0 Å². The van der Waals surface area contributed by atoms with Crippen molar-refractivity contribution in [2.45, 2.75) is 19.4 Å². The van der Waals surface area contributed by atoms with Crippen LogP contribution in [0.3, 0.4) is 0 Å². The summed E-state index contributed by atoms with van der Waals surface area (Å²) in [7, 11) is 0. The average Bonchev–Trinajstić information content (AvgIpc) is 2.38. The Morgan fingerprint density at radius 3 is 2.20 bits per heavy atom. The third-order valence-corrected chi connectivity index (χ3v) is 3.06. The first-order valence-corrected chi connectivity index (χ1v) is 6.22. The van der Waals surface area contributed by atoms with Crippen LogP contribution in [0.2, 0.25) is 0 Å². The fraction of sp³-hybridized carbons (Fsp3) is 0.188. The molecule has 104 valence electrons. The maximum absolute atomic E-state index is 13.2. The van der Waals surface area contributed by atoms with Gasteiger partial charge in [0.25, 0.3) is 5.91 Å². The van der Waals surface area contributed by atoms with Gasteiger partial charge in [0.2, 0.25) is 0 Å². The normalized spacial score (nSPS) is 11.2. The second-order valence-electron chi connectivity index (χ2n) is 5.10. The van der Waals surface area contributed by atoms with Crippen LogP contribution >= 0.6 is 0 Å². The first-order valence-electron chi connectivity index (χ1n) is 6.22. The molecule has 2 aromatic rings. The summed E-state index contributed by atoms with van der Waals surface area (Å²) in [5, 5.41) is 2.77. The van der Waals surface area contributed by atoms with Gasteiger partial charge in [0.1, 0.15) is 11.6 Å². The van der Waals surface area contributed by atoms with Gasteiger partial charge in [0.05, 0.1) is 5.54 Å². The monoisotopic (exact) mass is 275 g/mol. The van der Waals surface area contributed by atoms with Crippen LogP contribution in [0.1, 0.15) is 29.8 Å². The molecule has 0 heterocycles. The molecule has 0 bridgehead atoms. The number of hydrogen-bond donors (Lipinski definition) is 1. The minimum Gasteiger partial charge on any atom is -0.343 e. The lowest BCUT2D eigenvalue weighted by Gasteiger charge is -2.27. The Balaban J connectivity index is 2.22. The summed E-state index contributed by atoms with van der Waals surface area (Å²) in [6.45, 7) is 3.53. The zero-order valence-electron chi connectivity index (χ0n) is 11.3. The number of rotatable bonds is 3. The van der Waals surface area contributed by atoms with Crippen molar-refractivity contribution in [2.24, 2.45) is 0 Å². The second kappa shape index (κ2) is 5.41. The molecule has 0 aromatic heterocycles. The molecule has 1 N–H and O–H groups in total. The van der Waals surface area contributed by atoms with Crippen LogP contribution in [-0.2, 0) is 5.54 Å². The molecule has 0 atom stereocenters. The molecule has 0 saturated carbocycles. The smallest absolute Gasteiger partial charge is 0.252 e. The summed E-state index contributed by atoms with van der Waals surface area (Å²) in [6.07, 6.45) is 0. The molecule has 0 radical (unpaired) electrons. The van der Waals surface area contributed by atoms with E-state index in [1.54, 1.807) is 26.0 Å². The van der Waals surface area contributed by atoms with Crippen molar-refractivity contribution in [3.63, 3.8) is 0 Å². The third-order valence-electron chi connectivity index (χ3n) is 3.06. The van der Waals surface area contributed by atoms with Crippen molar-refractivity contribution in [1.82, 2.24) is 5.32 Å². The van der Waals surface area contributed by atoms with Crippen molar-refractivity contribution in [3.05, 3.63) is 71.3 Å². The Bertz CT molecular complexity index is 638. The topological polar surface area (TPSA) is 29.1 Å². The van der Waals surface area contributed by atoms with Crippen LogP contribution in [0, 0.1) is 11.6 Å². The van der Waals surface area contributed by atoms with E-state index in [2.05, 4.69) is 5.32 Å². The molecule has 0 aliphatic heterocycles. The highest BCUT2D eigenvalue weighted by atomic mass is 19.1. The number of carbonyl (C=O) groups is 1. The zero-order valence-corrected chi connectivity index (χ0v) is 11.3. The Morgan fingerprint density at radius 1 is 1.00 bits per heavy atom. The summed E-state index contributed by atoms with van der Waals surface area (Å²) in [5.41, 5.74) is 0.114. The lowest BCUT2D eigenvalue weighted by molar-refractivity contribution is 0.0911. The van der Waals surface area contributed by atoms with Gasteiger partial charge in [0.15, 0.2) is 0 Å². The van der Waals surface area contributed by atoms with Crippen molar-refractivity contribution in [3.8, 4) is 0 Å². The molecule has 0 unspecified atom stereocenters. The van der Waals surface area contributed by atoms with Crippen LogP contribution in [-0.4, -0.2) is 5.91 Å². The molecule has 0 aliphatic carbocycles. The Morgan fingerprint density at radius 2 is 1.60 bits per heavy atom. The van der Waals surface area contributed by atoms with E-state index < -0.39 is 17.3 Å². The van der Waals surface area contributed by atoms with Gasteiger partial charge >= 0.3 is 0 Å². The van der Waals surface area contributed by atoms with E-state index in [0.29, 0.717) is 5.56 Å². The summed E-state index contributed by atoms with van der Waals surface area (Å²) < 4.78 is 26.4. The summed E-state index contributed by atoms with van der Waals surface area (Å²) >= 11 is 0. The highest BCUT2D eigenvalue weighted by molar-refractivity contribution is 5.94. The van der Waals surface area contributed by atoms with Gasteiger partial charge < -0.3 is 5.32 Å². The van der Waals surface area contributed by atoms with Crippen molar-refractivity contribution < 1.29 is 13.6 Å². The number of amides is 1. The molecule has 0 spiro atoms. The van der Waals surface area contributed by atoms with E-state index in [0.717, 1.165) is 6.07 Å². The number of hydrogen-bond acceptors (Lipinski definition) is 1. The number of carbonyl (C=O) groups excluding carboxylic acids is 1. The second-order valence-corrected chi connectivity index (χ2v) is 5.10. The van der Waals surface area contributed by atoms with E-state index in [9.17, 15) is 13.6 Å². The van der Waals surface area contributed by atoms with Gasteiger partial charge in [-0.2, -0.15) is 0 Å². The van der Waals surface area contributed by atoms with Crippen molar-refractivity contribution >= 4 is 5.91 Å². The van der Waals surface area contributed by atoms with E-state index in [1.807, 2.05) is 0 Å². The molecule has 0 saturated heterocycles. The highest BCUT2D eigenvalue weighted by Crippen LogP contribution is 2.21. The summed E-state index contributed by atoms with van der Waals surface area (Å²) in [6, 6.07) is 11.5. The molecule has 2 nitrogen and oxygen atoms in total. The standard InChI is InChI=1S/C16H15F2NO/c1-16(2,12-6-4-8-14(18)10-12)19-15(20)11-5-3-7-13(17)9-11/h3-10H,1-2H3,(H,19,20). The summed E-state index contributed by atoms with van der Waals surface area (Å²) in [5.74, 6) is -1.24. The fourth-order valence-corrected chi connectivity index (χ4v) is 1.94. The Hall–Kier alpha value is -2.23. The average molecular weight is 275 g/mol. The first kappa shape index (κ1) is 14.2. The van der Waals surface area contributed by atoms with Gasteiger partial charge in [-0.3, -0.25) is 4.79 Å². The molecular formula is C16H15F2NO. The minimum absolute atomic E-state index is 0.231. The molecule has 2 aromatic carbocycles. The van der Waals surface area contributed by atoms with Crippen LogP contribution < -0.4 is 5.32 Å². The van der Waals surface area contributed by atoms with E-state index in [4.69, 9.17) is 0 Å². The van der Waals surface area contributed by atoms with E-state index in [-0.39, 0.29) is 11.4 Å². The number of benzene rings is 2. The maximum atomic E-state index is 13.2.